The number of hydrogen-bond donors (Lipinski definition) is 1. The van der Waals surface area contributed by atoms with Gasteiger partial charge in [-0.05, 0) is 53.0 Å². The monoisotopic (exact) mass is 323 g/mol. The molecule has 0 heterocycles. The van der Waals surface area contributed by atoms with E-state index < -0.39 is 0 Å². The van der Waals surface area contributed by atoms with Crippen molar-refractivity contribution in [2.24, 2.45) is 0 Å². The van der Waals surface area contributed by atoms with Crippen LogP contribution in [0.2, 0.25) is 5.02 Å². The van der Waals surface area contributed by atoms with Gasteiger partial charge >= 0.3 is 0 Å². The predicted octanol–water partition coefficient (Wildman–Crippen LogP) is 5.15. The van der Waals surface area contributed by atoms with Crippen LogP contribution in [0.1, 0.15) is 12.5 Å². The Morgan fingerprint density at radius 3 is 2.61 bits per heavy atom. The third-order valence-corrected chi connectivity index (χ3v) is 3.64. The fraction of sp³-hybridized carbons (Fsp3) is 0.200. The van der Waals surface area contributed by atoms with Gasteiger partial charge in [-0.15, -0.1) is 0 Å². The van der Waals surface area contributed by atoms with Gasteiger partial charge in [0.1, 0.15) is 0 Å². The van der Waals surface area contributed by atoms with Gasteiger partial charge in [0.25, 0.3) is 0 Å². The normalized spacial score (nSPS) is 12.2. The zero-order chi connectivity index (χ0) is 13.0. The van der Waals surface area contributed by atoms with Crippen LogP contribution in [-0.4, -0.2) is 6.04 Å². The molecule has 2 aromatic rings. The minimum atomic E-state index is 0.349. The van der Waals surface area contributed by atoms with Crippen molar-refractivity contribution in [1.29, 1.82) is 0 Å². The summed E-state index contributed by atoms with van der Waals surface area (Å²) in [6.45, 7) is 2.17. The molecule has 0 radical (unpaired) electrons. The summed E-state index contributed by atoms with van der Waals surface area (Å²) in [4.78, 5) is 0. The third-order valence-electron chi connectivity index (χ3n) is 2.72. The summed E-state index contributed by atoms with van der Waals surface area (Å²) in [7, 11) is 0. The number of anilines is 1. The number of rotatable bonds is 4. The molecule has 0 fully saturated rings. The zero-order valence-electron chi connectivity index (χ0n) is 10.2. The predicted molar refractivity (Wildman–Crippen MR) is 82.4 cm³/mol. The Hall–Kier alpha value is -0.990. The first-order chi connectivity index (χ1) is 8.65. The van der Waals surface area contributed by atoms with Gasteiger partial charge in [-0.25, -0.2) is 0 Å². The van der Waals surface area contributed by atoms with Crippen molar-refractivity contribution in [2.45, 2.75) is 19.4 Å². The molecule has 0 bridgehead atoms. The average Bonchev–Trinajstić information content (AvgIpc) is 2.35. The molecule has 1 unspecified atom stereocenters. The minimum Gasteiger partial charge on any atom is -0.381 e. The van der Waals surface area contributed by atoms with Gasteiger partial charge in [-0.3, -0.25) is 0 Å². The molecule has 2 rings (SSSR count). The summed E-state index contributed by atoms with van der Waals surface area (Å²) in [5, 5.41) is 4.21. The summed E-state index contributed by atoms with van der Waals surface area (Å²) >= 11 is 9.52. The number of halogens is 2. The number of benzene rings is 2. The van der Waals surface area contributed by atoms with Gasteiger partial charge in [0.15, 0.2) is 0 Å². The van der Waals surface area contributed by atoms with Crippen LogP contribution in [0.25, 0.3) is 0 Å². The second-order valence-electron chi connectivity index (χ2n) is 4.36. The van der Waals surface area contributed by atoms with E-state index in [0.717, 1.165) is 21.6 Å². The highest BCUT2D eigenvalue weighted by atomic mass is 79.9. The Morgan fingerprint density at radius 1 is 1.17 bits per heavy atom. The lowest BCUT2D eigenvalue weighted by atomic mass is 10.1. The molecule has 1 N–H and O–H groups in total. The maximum atomic E-state index is 6.00. The second-order valence-corrected chi connectivity index (χ2v) is 5.65. The lowest BCUT2D eigenvalue weighted by molar-refractivity contribution is 0.790. The second kappa shape index (κ2) is 6.26. The molecular formula is C15H15BrClN. The molecule has 0 aliphatic rings. The molecular weight excluding hydrogens is 310 g/mol. The van der Waals surface area contributed by atoms with Crippen molar-refractivity contribution >= 4 is 33.2 Å². The third kappa shape index (κ3) is 3.76. The molecule has 0 aliphatic carbocycles. The molecule has 0 spiro atoms. The molecule has 0 aliphatic heterocycles. The maximum absolute atomic E-state index is 6.00. The average molecular weight is 325 g/mol. The summed E-state index contributed by atoms with van der Waals surface area (Å²) in [5.74, 6) is 0. The van der Waals surface area contributed by atoms with E-state index >= 15 is 0 Å². The van der Waals surface area contributed by atoms with Crippen LogP contribution < -0.4 is 5.32 Å². The Morgan fingerprint density at radius 2 is 1.89 bits per heavy atom. The topological polar surface area (TPSA) is 12.0 Å². The van der Waals surface area contributed by atoms with Crippen LogP contribution >= 0.6 is 27.5 Å². The highest BCUT2D eigenvalue weighted by molar-refractivity contribution is 9.10. The molecule has 0 saturated carbocycles. The van der Waals surface area contributed by atoms with Crippen LogP contribution in [0.4, 0.5) is 5.69 Å². The maximum Gasteiger partial charge on any atom is 0.0501 e. The molecule has 1 atom stereocenters. The first-order valence-electron chi connectivity index (χ1n) is 5.90. The van der Waals surface area contributed by atoms with Gasteiger partial charge in [0.05, 0.1) is 5.69 Å². The largest absolute Gasteiger partial charge is 0.381 e. The van der Waals surface area contributed by atoms with Crippen molar-refractivity contribution < 1.29 is 0 Å². The van der Waals surface area contributed by atoms with Crippen molar-refractivity contribution in [3.05, 3.63) is 63.6 Å². The summed E-state index contributed by atoms with van der Waals surface area (Å²) in [6.07, 6.45) is 0.986. The highest BCUT2D eigenvalue weighted by Crippen LogP contribution is 2.26. The molecule has 3 heteroatoms. The van der Waals surface area contributed by atoms with Crippen LogP contribution in [0.3, 0.4) is 0 Å². The van der Waals surface area contributed by atoms with Gasteiger partial charge in [-0.2, -0.15) is 0 Å². The lowest BCUT2D eigenvalue weighted by Crippen LogP contribution is -2.18. The van der Waals surface area contributed by atoms with Crippen LogP contribution in [0.5, 0.6) is 0 Å². The Kier molecular flexibility index (Phi) is 4.67. The summed E-state index contributed by atoms with van der Waals surface area (Å²) in [6, 6.07) is 16.6. The molecule has 0 saturated heterocycles. The summed E-state index contributed by atoms with van der Waals surface area (Å²) < 4.78 is 1.03. The first-order valence-corrected chi connectivity index (χ1v) is 7.08. The zero-order valence-corrected chi connectivity index (χ0v) is 12.5. The number of hydrogen-bond acceptors (Lipinski definition) is 1. The lowest BCUT2D eigenvalue weighted by Gasteiger charge is -2.16. The fourth-order valence-corrected chi connectivity index (χ4v) is 2.43. The van der Waals surface area contributed by atoms with E-state index in [1.54, 1.807) is 0 Å². The number of nitrogens with one attached hydrogen (secondary N) is 1. The van der Waals surface area contributed by atoms with Gasteiger partial charge in [0.2, 0.25) is 0 Å². The quantitative estimate of drug-likeness (QED) is 0.820. The van der Waals surface area contributed by atoms with E-state index in [4.69, 9.17) is 11.6 Å². The molecule has 94 valence electrons. The van der Waals surface area contributed by atoms with E-state index in [1.807, 2.05) is 24.3 Å². The Labute approximate surface area is 121 Å². The van der Waals surface area contributed by atoms with E-state index in [2.05, 4.69) is 52.4 Å². The van der Waals surface area contributed by atoms with Crippen LogP contribution in [0, 0.1) is 0 Å². The van der Waals surface area contributed by atoms with E-state index in [-0.39, 0.29) is 0 Å². The minimum absolute atomic E-state index is 0.349. The van der Waals surface area contributed by atoms with Crippen molar-refractivity contribution in [2.75, 3.05) is 5.32 Å². The van der Waals surface area contributed by atoms with Gasteiger partial charge in [-0.1, -0.05) is 41.9 Å². The SMILES string of the molecule is CC(Cc1ccccc1)Nc1cc(Cl)ccc1Br. The molecule has 0 aromatic heterocycles. The van der Waals surface area contributed by atoms with E-state index in [0.29, 0.717) is 6.04 Å². The molecule has 0 amide bonds. The first kappa shape index (κ1) is 13.4. The smallest absolute Gasteiger partial charge is 0.0501 e. The van der Waals surface area contributed by atoms with Crippen molar-refractivity contribution in [3.8, 4) is 0 Å². The fourth-order valence-electron chi connectivity index (χ4n) is 1.89. The van der Waals surface area contributed by atoms with Gasteiger partial charge in [0, 0.05) is 15.5 Å². The molecule has 18 heavy (non-hydrogen) atoms. The van der Waals surface area contributed by atoms with Gasteiger partial charge < -0.3 is 5.32 Å². The molecule has 2 aromatic carbocycles. The van der Waals surface area contributed by atoms with Crippen LogP contribution in [0.15, 0.2) is 53.0 Å². The molecule has 1 nitrogen and oxygen atoms in total. The highest BCUT2D eigenvalue weighted by Gasteiger charge is 2.06. The van der Waals surface area contributed by atoms with E-state index in [1.165, 1.54) is 5.56 Å². The van der Waals surface area contributed by atoms with Crippen molar-refractivity contribution in [1.82, 2.24) is 0 Å². The Bertz CT molecular complexity index is 513. The summed E-state index contributed by atoms with van der Waals surface area (Å²) in [5.41, 5.74) is 2.36. The van der Waals surface area contributed by atoms with Crippen molar-refractivity contribution in [3.63, 3.8) is 0 Å². The standard InChI is InChI=1S/C15H15BrClN/c1-11(9-12-5-3-2-4-6-12)18-15-10-13(17)7-8-14(15)16/h2-8,10-11,18H,9H2,1H3. The van der Waals surface area contributed by atoms with Crippen LogP contribution in [-0.2, 0) is 6.42 Å². The van der Waals surface area contributed by atoms with E-state index in [9.17, 15) is 0 Å². The Balaban J connectivity index is 2.03.